The number of aliphatic carboxylic acids is 1. The molecule has 1 atom stereocenters. The van der Waals surface area contributed by atoms with E-state index in [-0.39, 0.29) is 6.10 Å². The summed E-state index contributed by atoms with van der Waals surface area (Å²) >= 11 is 12.1. The van der Waals surface area contributed by atoms with Gasteiger partial charge in [-0.1, -0.05) is 23.2 Å². The largest absolute Gasteiger partial charge is 0.486 e. The molecule has 1 aromatic carbocycles. The Morgan fingerprint density at radius 3 is 2.90 bits per heavy atom. The molecule has 2 rings (SSSR count). The Morgan fingerprint density at radius 2 is 2.25 bits per heavy atom. The average Bonchev–Trinajstić information content (AvgIpc) is 2.41. The van der Waals surface area contributed by atoms with Crippen molar-refractivity contribution in [2.75, 3.05) is 13.2 Å². The van der Waals surface area contributed by atoms with Crippen molar-refractivity contribution < 1.29 is 19.4 Å². The van der Waals surface area contributed by atoms with E-state index in [1.54, 1.807) is 12.1 Å². The Bertz CT molecular complexity index is 522. The van der Waals surface area contributed by atoms with Gasteiger partial charge in [0.15, 0.2) is 0 Å². The van der Waals surface area contributed by atoms with Crippen LogP contribution in [0.15, 0.2) is 18.2 Å². The summed E-state index contributed by atoms with van der Waals surface area (Å²) in [6.07, 6.45) is 4.15. The van der Waals surface area contributed by atoms with Crippen LogP contribution in [0.5, 0.6) is 5.75 Å². The Hall–Kier alpha value is -1.23. The van der Waals surface area contributed by atoms with Crippen molar-refractivity contribution in [3.63, 3.8) is 0 Å². The molecule has 0 radical (unpaired) electrons. The number of hydrogen-bond acceptors (Lipinski definition) is 3. The zero-order valence-electron chi connectivity index (χ0n) is 10.6. The van der Waals surface area contributed by atoms with Gasteiger partial charge in [-0.25, -0.2) is 4.79 Å². The van der Waals surface area contributed by atoms with E-state index in [4.69, 9.17) is 37.8 Å². The summed E-state index contributed by atoms with van der Waals surface area (Å²) in [6, 6.07) is 3.19. The average molecular weight is 317 g/mol. The van der Waals surface area contributed by atoms with Crippen LogP contribution in [0.1, 0.15) is 18.4 Å². The zero-order chi connectivity index (χ0) is 14.5. The van der Waals surface area contributed by atoms with Gasteiger partial charge < -0.3 is 14.6 Å². The van der Waals surface area contributed by atoms with Gasteiger partial charge in [-0.15, -0.1) is 0 Å². The summed E-state index contributed by atoms with van der Waals surface area (Å²) < 4.78 is 11.2. The van der Waals surface area contributed by atoms with Crippen molar-refractivity contribution in [2.45, 2.75) is 18.9 Å². The minimum Gasteiger partial charge on any atom is -0.486 e. The molecule has 1 fully saturated rings. The van der Waals surface area contributed by atoms with Crippen LogP contribution in [0.2, 0.25) is 10.0 Å². The summed E-state index contributed by atoms with van der Waals surface area (Å²) in [7, 11) is 0. The Labute approximate surface area is 126 Å². The van der Waals surface area contributed by atoms with Gasteiger partial charge in [-0.3, -0.25) is 0 Å². The number of carboxylic acid groups (broad SMARTS) is 1. The highest BCUT2D eigenvalue weighted by atomic mass is 35.5. The van der Waals surface area contributed by atoms with Crippen molar-refractivity contribution in [2.24, 2.45) is 0 Å². The molecule has 20 heavy (non-hydrogen) atoms. The maximum atomic E-state index is 10.6. The fourth-order valence-electron chi connectivity index (χ4n) is 1.96. The van der Waals surface area contributed by atoms with Gasteiger partial charge in [-0.2, -0.15) is 0 Å². The van der Waals surface area contributed by atoms with Crippen LogP contribution in [-0.4, -0.2) is 30.4 Å². The van der Waals surface area contributed by atoms with Gasteiger partial charge in [0.2, 0.25) is 0 Å². The molecule has 0 saturated carbocycles. The van der Waals surface area contributed by atoms with Gasteiger partial charge in [-0.05, 0) is 31.1 Å². The third-order valence-corrected chi connectivity index (χ3v) is 3.34. The molecule has 1 unspecified atom stereocenters. The maximum absolute atomic E-state index is 10.6. The first-order valence-electron chi connectivity index (χ1n) is 6.20. The molecule has 1 heterocycles. The summed E-state index contributed by atoms with van der Waals surface area (Å²) in [5.41, 5.74) is 0.537. The van der Waals surface area contributed by atoms with Crippen molar-refractivity contribution in [3.05, 3.63) is 33.8 Å². The van der Waals surface area contributed by atoms with Gasteiger partial charge in [0.25, 0.3) is 0 Å². The Morgan fingerprint density at radius 1 is 1.45 bits per heavy atom. The number of halogens is 2. The number of hydrogen-bond donors (Lipinski definition) is 1. The van der Waals surface area contributed by atoms with E-state index in [2.05, 4.69) is 0 Å². The van der Waals surface area contributed by atoms with E-state index in [1.807, 2.05) is 0 Å². The molecule has 1 aliphatic heterocycles. The SMILES string of the molecule is O=C(O)/C=C/c1cc(Cl)cc(Cl)c1OC1CCCOC1. The summed E-state index contributed by atoms with van der Waals surface area (Å²) in [6.45, 7) is 1.24. The lowest BCUT2D eigenvalue weighted by Crippen LogP contribution is -2.28. The molecule has 0 aliphatic carbocycles. The van der Waals surface area contributed by atoms with E-state index in [1.165, 1.54) is 6.08 Å². The Balaban J connectivity index is 2.26. The van der Waals surface area contributed by atoms with Crippen LogP contribution in [-0.2, 0) is 9.53 Å². The lowest BCUT2D eigenvalue weighted by atomic mass is 10.1. The monoisotopic (exact) mass is 316 g/mol. The minimum absolute atomic E-state index is 0.0839. The van der Waals surface area contributed by atoms with Gasteiger partial charge in [0, 0.05) is 23.3 Å². The Kier molecular flexibility index (Phi) is 5.29. The second kappa shape index (κ2) is 6.97. The maximum Gasteiger partial charge on any atom is 0.328 e. The summed E-state index contributed by atoms with van der Waals surface area (Å²) in [5.74, 6) is -0.614. The fraction of sp³-hybridized carbons (Fsp3) is 0.357. The van der Waals surface area contributed by atoms with Crippen LogP contribution >= 0.6 is 23.2 Å². The highest BCUT2D eigenvalue weighted by Crippen LogP contribution is 2.34. The second-order valence-electron chi connectivity index (χ2n) is 4.43. The number of benzene rings is 1. The summed E-state index contributed by atoms with van der Waals surface area (Å²) in [4.78, 5) is 10.6. The van der Waals surface area contributed by atoms with Crippen LogP contribution in [0, 0.1) is 0 Å². The molecule has 6 heteroatoms. The lowest BCUT2D eigenvalue weighted by Gasteiger charge is -2.24. The van der Waals surface area contributed by atoms with Crippen LogP contribution in [0.25, 0.3) is 6.08 Å². The smallest absolute Gasteiger partial charge is 0.328 e. The highest BCUT2D eigenvalue weighted by Gasteiger charge is 2.19. The molecule has 1 N–H and O–H groups in total. The lowest BCUT2D eigenvalue weighted by molar-refractivity contribution is -0.131. The molecule has 108 valence electrons. The molecule has 1 saturated heterocycles. The molecule has 4 nitrogen and oxygen atoms in total. The normalized spacial score (nSPS) is 19.2. The standard InChI is InChI=1S/C14H14Cl2O4/c15-10-6-9(3-4-13(17)18)14(12(16)7-10)20-11-2-1-5-19-8-11/h3-4,6-7,11H,1-2,5,8H2,(H,17,18)/b4-3+. The van der Waals surface area contributed by atoms with E-state index < -0.39 is 5.97 Å². The predicted molar refractivity (Wildman–Crippen MR) is 77.6 cm³/mol. The third kappa shape index (κ3) is 4.13. The van der Waals surface area contributed by atoms with Crippen molar-refractivity contribution in [3.8, 4) is 5.75 Å². The van der Waals surface area contributed by atoms with Crippen molar-refractivity contribution in [1.82, 2.24) is 0 Å². The van der Waals surface area contributed by atoms with Gasteiger partial charge in [0.1, 0.15) is 11.9 Å². The van der Waals surface area contributed by atoms with E-state index in [9.17, 15) is 4.79 Å². The number of carbonyl (C=O) groups is 1. The molecule has 0 bridgehead atoms. The number of carboxylic acids is 1. The zero-order valence-corrected chi connectivity index (χ0v) is 12.2. The first kappa shape index (κ1) is 15.2. The topological polar surface area (TPSA) is 55.8 Å². The second-order valence-corrected chi connectivity index (χ2v) is 5.28. The molecule has 0 amide bonds. The van der Waals surface area contributed by atoms with Crippen molar-refractivity contribution >= 4 is 35.2 Å². The summed E-state index contributed by atoms with van der Waals surface area (Å²) in [5, 5.41) is 9.49. The van der Waals surface area contributed by atoms with Crippen LogP contribution < -0.4 is 4.74 Å². The van der Waals surface area contributed by atoms with Crippen LogP contribution in [0.4, 0.5) is 0 Å². The van der Waals surface area contributed by atoms with E-state index in [0.29, 0.717) is 28.0 Å². The first-order valence-corrected chi connectivity index (χ1v) is 6.96. The number of ether oxygens (including phenoxy) is 2. The molecule has 0 aromatic heterocycles. The predicted octanol–water partition coefficient (Wildman–Crippen LogP) is 3.65. The first-order chi connectivity index (χ1) is 9.56. The van der Waals surface area contributed by atoms with Crippen LogP contribution in [0.3, 0.4) is 0 Å². The van der Waals surface area contributed by atoms with Crippen molar-refractivity contribution in [1.29, 1.82) is 0 Å². The van der Waals surface area contributed by atoms with E-state index in [0.717, 1.165) is 25.5 Å². The molecule has 0 spiro atoms. The third-order valence-electron chi connectivity index (χ3n) is 2.85. The minimum atomic E-state index is -1.05. The van der Waals surface area contributed by atoms with Gasteiger partial charge >= 0.3 is 5.97 Å². The molecular weight excluding hydrogens is 303 g/mol. The molecule has 1 aromatic rings. The fourth-order valence-corrected chi connectivity index (χ4v) is 2.51. The quantitative estimate of drug-likeness (QED) is 0.861. The number of rotatable bonds is 4. The van der Waals surface area contributed by atoms with E-state index >= 15 is 0 Å². The molecular formula is C14H14Cl2O4. The molecule has 1 aliphatic rings. The highest BCUT2D eigenvalue weighted by molar-refractivity contribution is 6.35. The van der Waals surface area contributed by atoms with Gasteiger partial charge in [0.05, 0.1) is 11.6 Å².